The number of amides is 1. The summed E-state index contributed by atoms with van der Waals surface area (Å²) in [5.74, 6) is -1.09. The highest BCUT2D eigenvalue weighted by Crippen LogP contribution is 2.17. The van der Waals surface area contributed by atoms with Crippen LogP contribution in [0.4, 0.5) is 8.78 Å². The summed E-state index contributed by atoms with van der Waals surface area (Å²) in [4.78, 5) is 17.2. The van der Waals surface area contributed by atoms with Crippen LogP contribution in [0.15, 0.2) is 35.8 Å². The van der Waals surface area contributed by atoms with Crippen molar-refractivity contribution in [2.24, 2.45) is 4.99 Å². The number of aliphatic imine (C=N–C) groups is 1. The number of nitrogens with one attached hydrogen (secondary N) is 2. The van der Waals surface area contributed by atoms with Crippen molar-refractivity contribution in [2.75, 3.05) is 27.2 Å². The number of carbonyl (C=O) groups excluding carboxylic acids is 1. The summed E-state index contributed by atoms with van der Waals surface area (Å²) < 4.78 is 26.8. The Morgan fingerprint density at radius 3 is 2.70 bits per heavy atom. The fraction of sp³-hybridized carbons (Fsp3) is 0.375. The molecule has 5 nitrogen and oxygen atoms in total. The second-order valence-corrected chi connectivity index (χ2v) is 5.15. The maximum absolute atomic E-state index is 13.8. The monoisotopic (exact) mass is 324 g/mol. The highest BCUT2D eigenvalue weighted by molar-refractivity contribution is 5.85. The molecule has 23 heavy (non-hydrogen) atoms. The van der Waals surface area contributed by atoms with Gasteiger partial charge in [0.1, 0.15) is 18.2 Å². The highest BCUT2D eigenvalue weighted by atomic mass is 19.1. The first-order chi connectivity index (χ1) is 10.8. The molecule has 2 N–H and O–H groups in total. The van der Waals surface area contributed by atoms with Gasteiger partial charge in [-0.2, -0.15) is 0 Å². The Bertz CT molecular complexity index is 587. The SMILES string of the molecule is C=CCNC(=NCC(=O)N(C)C)NC(C)c1ccc(F)cc1F. The smallest absolute Gasteiger partial charge is 0.243 e. The zero-order valence-corrected chi connectivity index (χ0v) is 13.6. The van der Waals surface area contributed by atoms with E-state index in [1.807, 2.05) is 0 Å². The van der Waals surface area contributed by atoms with Gasteiger partial charge in [0, 0.05) is 32.3 Å². The number of benzene rings is 1. The second kappa shape index (κ2) is 8.87. The lowest BCUT2D eigenvalue weighted by Gasteiger charge is -2.19. The number of carbonyl (C=O) groups is 1. The minimum Gasteiger partial charge on any atom is -0.353 e. The Morgan fingerprint density at radius 1 is 1.43 bits per heavy atom. The first kappa shape index (κ1) is 18.6. The van der Waals surface area contributed by atoms with E-state index in [1.54, 1.807) is 27.1 Å². The van der Waals surface area contributed by atoms with Crippen molar-refractivity contribution in [3.63, 3.8) is 0 Å². The van der Waals surface area contributed by atoms with Crippen molar-refractivity contribution in [3.05, 3.63) is 48.1 Å². The topological polar surface area (TPSA) is 56.7 Å². The quantitative estimate of drug-likeness (QED) is 0.477. The predicted molar refractivity (Wildman–Crippen MR) is 87.1 cm³/mol. The van der Waals surface area contributed by atoms with E-state index in [2.05, 4.69) is 22.2 Å². The van der Waals surface area contributed by atoms with Crippen molar-refractivity contribution < 1.29 is 13.6 Å². The van der Waals surface area contributed by atoms with Crippen molar-refractivity contribution in [2.45, 2.75) is 13.0 Å². The number of guanidine groups is 1. The molecule has 1 aromatic rings. The van der Waals surface area contributed by atoms with Crippen molar-refractivity contribution in [1.29, 1.82) is 0 Å². The number of hydrogen-bond donors (Lipinski definition) is 2. The summed E-state index contributed by atoms with van der Waals surface area (Å²) >= 11 is 0. The van der Waals surface area contributed by atoms with E-state index in [4.69, 9.17) is 0 Å². The van der Waals surface area contributed by atoms with Gasteiger partial charge in [0.05, 0.1) is 6.04 Å². The van der Waals surface area contributed by atoms with Gasteiger partial charge >= 0.3 is 0 Å². The molecule has 0 fully saturated rings. The van der Waals surface area contributed by atoms with Gasteiger partial charge in [-0.1, -0.05) is 12.1 Å². The van der Waals surface area contributed by atoms with Crippen molar-refractivity contribution in [3.8, 4) is 0 Å². The minimum absolute atomic E-state index is 0.0436. The second-order valence-electron chi connectivity index (χ2n) is 5.15. The summed E-state index contributed by atoms with van der Waals surface area (Å²) in [6.45, 7) is 5.70. The molecule has 7 heteroatoms. The van der Waals surface area contributed by atoms with Crippen LogP contribution in [0, 0.1) is 11.6 Å². The van der Waals surface area contributed by atoms with Gasteiger partial charge < -0.3 is 15.5 Å². The van der Waals surface area contributed by atoms with E-state index in [0.717, 1.165) is 6.07 Å². The largest absolute Gasteiger partial charge is 0.353 e. The number of nitrogens with zero attached hydrogens (tertiary/aromatic N) is 2. The van der Waals surface area contributed by atoms with Crippen LogP contribution in [-0.4, -0.2) is 44.0 Å². The summed E-state index contributed by atoms with van der Waals surface area (Å²) in [5.41, 5.74) is 0.304. The molecule has 0 aromatic heterocycles. The summed E-state index contributed by atoms with van der Waals surface area (Å²) in [5, 5.41) is 5.93. The Kier molecular flexibility index (Phi) is 7.18. The number of rotatable bonds is 6. The summed E-state index contributed by atoms with van der Waals surface area (Å²) in [6.07, 6.45) is 1.63. The van der Waals surface area contributed by atoms with Crippen LogP contribution in [0.5, 0.6) is 0 Å². The maximum Gasteiger partial charge on any atom is 0.243 e. The molecule has 0 aliphatic carbocycles. The molecule has 0 aliphatic heterocycles. The van der Waals surface area contributed by atoms with Gasteiger partial charge in [-0.05, 0) is 13.0 Å². The molecule has 1 amide bonds. The fourth-order valence-electron chi connectivity index (χ4n) is 1.75. The van der Waals surface area contributed by atoms with Crippen LogP contribution in [0.25, 0.3) is 0 Å². The van der Waals surface area contributed by atoms with Crippen LogP contribution < -0.4 is 10.6 Å². The van der Waals surface area contributed by atoms with Gasteiger partial charge in [0.25, 0.3) is 0 Å². The first-order valence-electron chi connectivity index (χ1n) is 7.16. The third-order valence-corrected chi connectivity index (χ3v) is 3.07. The molecule has 1 rings (SSSR count). The van der Waals surface area contributed by atoms with Gasteiger partial charge in [0.2, 0.25) is 5.91 Å². The van der Waals surface area contributed by atoms with Crippen molar-refractivity contribution in [1.82, 2.24) is 15.5 Å². The average Bonchev–Trinajstić information content (AvgIpc) is 2.49. The lowest BCUT2D eigenvalue weighted by atomic mass is 10.1. The molecule has 0 saturated heterocycles. The van der Waals surface area contributed by atoms with E-state index in [0.29, 0.717) is 18.1 Å². The number of hydrogen-bond acceptors (Lipinski definition) is 2. The molecule has 0 heterocycles. The summed E-state index contributed by atoms with van der Waals surface area (Å²) in [6, 6.07) is 2.94. The Balaban J connectivity index is 2.84. The predicted octanol–water partition coefficient (Wildman–Crippen LogP) is 1.84. The first-order valence-corrected chi connectivity index (χ1v) is 7.16. The van der Waals surface area contributed by atoms with E-state index < -0.39 is 17.7 Å². The number of halogens is 2. The van der Waals surface area contributed by atoms with Gasteiger partial charge in [-0.25, -0.2) is 13.8 Å². The molecule has 1 aromatic carbocycles. The number of likely N-dealkylation sites (N-methyl/N-ethyl adjacent to an activating group) is 1. The average molecular weight is 324 g/mol. The minimum atomic E-state index is -0.641. The van der Waals surface area contributed by atoms with Crippen LogP contribution in [0.3, 0.4) is 0 Å². The zero-order valence-electron chi connectivity index (χ0n) is 13.6. The Labute approximate surface area is 135 Å². The Hall–Kier alpha value is -2.44. The van der Waals surface area contributed by atoms with Crippen molar-refractivity contribution >= 4 is 11.9 Å². The van der Waals surface area contributed by atoms with E-state index in [9.17, 15) is 13.6 Å². The highest BCUT2D eigenvalue weighted by Gasteiger charge is 2.13. The van der Waals surface area contributed by atoms with Gasteiger partial charge in [-0.3, -0.25) is 4.79 Å². The molecule has 126 valence electrons. The fourth-order valence-corrected chi connectivity index (χ4v) is 1.75. The van der Waals surface area contributed by atoms with Gasteiger partial charge in [0.15, 0.2) is 5.96 Å². The van der Waals surface area contributed by atoms with Crippen LogP contribution >= 0.6 is 0 Å². The van der Waals surface area contributed by atoms with E-state index >= 15 is 0 Å². The Morgan fingerprint density at radius 2 is 2.13 bits per heavy atom. The standard InChI is InChI=1S/C16H22F2N4O/c1-5-8-19-16(20-10-15(23)22(3)4)21-11(2)13-7-6-12(17)9-14(13)18/h5-7,9,11H,1,8,10H2,2-4H3,(H2,19,20,21). The normalized spacial score (nSPS) is 12.5. The molecule has 0 aliphatic rings. The van der Waals surface area contributed by atoms with Crippen LogP contribution in [0.2, 0.25) is 0 Å². The zero-order chi connectivity index (χ0) is 17.4. The molecule has 1 unspecified atom stereocenters. The third kappa shape index (κ3) is 6.06. The molecular weight excluding hydrogens is 302 g/mol. The van der Waals surface area contributed by atoms with Crippen LogP contribution in [-0.2, 0) is 4.79 Å². The summed E-state index contributed by atoms with van der Waals surface area (Å²) in [7, 11) is 3.28. The molecule has 0 spiro atoms. The molecule has 1 atom stereocenters. The lowest BCUT2D eigenvalue weighted by molar-refractivity contribution is -0.127. The third-order valence-electron chi connectivity index (χ3n) is 3.07. The molecule has 0 bridgehead atoms. The van der Waals surface area contributed by atoms with Gasteiger partial charge in [-0.15, -0.1) is 6.58 Å². The van der Waals surface area contributed by atoms with Crippen LogP contribution in [0.1, 0.15) is 18.5 Å². The molecule has 0 saturated carbocycles. The lowest BCUT2D eigenvalue weighted by Crippen LogP contribution is -2.40. The van der Waals surface area contributed by atoms with E-state index in [-0.39, 0.29) is 12.5 Å². The molecular formula is C16H22F2N4O. The van der Waals surface area contributed by atoms with E-state index in [1.165, 1.54) is 17.0 Å². The maximum atomic E-state index is 13.8. The molecule has 0 radical (unpaired) electrons.